The number of fused-ring (bicyclic) bond motifs is 1. The summed E-state index contributed by atoms with van der Waals surface area (Å²) in [5.41, 5.74) is 2.97. The number of aromatic nitrogens is 2. The van der Waals surface area contributed by atoms with E-state index in [1.165, 1.54) is 14.2 Å². The van der Waals surface area contributed by atoms with Crippen molar-refractivity contribution in [3.05, 3.63) is 54.1 Å². The lowest BCUT2D eigenvalue weighted by molar-refractivity contribution is -0.125. The number of nitrogens with one attached hydrogen (secondary N) is 2. The van der Waals surface area contributed by atoms with Crippen molar-refractivity contribution in [1.82, 2.24) is 9.78 Å². The summed E-state index contributed by atoms with van der Waals surface area (Å²) < 4.78 is 12.1. The molecule has 1 aliphatic heterocycles. The number of methoxy groups -OCH3 is 2. The fourth-order valence-corrected chi connectivity index (χ4v) is 3.52. The van der Waals surface area contributed by atoms with Crippen LogP contribution >= 0.6 is 0 Å². The maximum Gasteiger partial charge on any atom is 0.249 e. The first kappa shape index (κ1) is 19.5. The zero-order valence-electron chi connectivity index (χ0n) is 16.9. The number of ether oxygens (including phenoxy) is 2. The molecule has 2 amide bonds. The molecule has 1 aromatic heterocycles. The molecule has 0 bridgehead atoms. The molecule has 2 heterocycles. The number of amides is 2. The molecule has 0 fully saturated rings. The molecule has 1 atom stereocenters. The lowest BCUT2D eigenvalue weighted by Gasteiger charge is -2.24. The minimum Gasteiger partial charge on any atom is -0.497 e. The van der Waals surface area contributed by atoms with Gasteiger partial charge < -0.3 is 20.1 Å². The van der Waals surface area contributed by atoms with E-state index in [0.717, 1.165) is 16.8 Å². The minimum absolute atomic E-state index is 0.00468. The molecule has 154 valence electrons. The zero-order chi connectivity index (χ0) is 21.3. The highest BCUT2D eigenvalue weighted by Crippen LogP contribution is 2.35. The lowest BCUT2D eigenvalue weighted by Crippen LogP contribution is -2.35. The maximum atomic E-state index is 13.1. The van der Waals surface area contributed by atoms with E-state index in [2.05, 4.69) is 15.7 Å². The summed E-state index contributed by atoms with van der Waals surface area (Å²) in [6.45, 7) is 1.88. The van der Waals surface area contributed by atoms with Crippen LogP contribution in [0.3, 0.4) is 0 Å². The van der Waals surface area contributed by atoms with Crippen LogP contribution in [0, 0.1) is 6.92 Å². The van der Waals surface area contributed by atoms with Gasteiger partial charge in [-0.1, -0.05) is 30.3 Å². The third-order valence-electron chi connectivity index (χ3n) is 5.05. The van der Waals surface area contributed by atoms with Crippen LogP contribution < -0.4 is 20.1 Å². The first-order valence-electron chi connectivity index (χ1n) is 9.48. The Balaban J connectivity index is 1.68. The second-order valence-electron chi connectivity index (χ2n) is 6.99. The Bertz CT molecular complexity index is 1090. The zero-order valence-corrected chi connectivity index (χ0v) is 16.9. The normalized spacial score (nSPS) is 15.2. The number of hydrogen-bond donors (Lipinski definition) is 2. The Labute approximate surface area is 173 Å². The van der Waals surface area contributed by atoms with Gasteiger partial charge in [0.05, 0.1) is 26.3 Å². The molecular formula is C22H22N4O4. The number of carbonyl (C=O) groups excluding carboxylic acids is 2. The van der Waals surface area contributed by atoms with E-state index in [-0.39, 0.29) is 18.2 Å². The standard InChI is InChI=1S/C22H22N4O4/c1-13-20(14-7-5-4-6-8-14)25-26-18(12-19(27)24-21(13)26)22(28)23-15-9-16(29-2)11-17(10-15)30-3/h4-11,18H,12H2,1-3H3,(H,23,28)(H,24,27)/t18-/m0/s1. The van der Waals surface area contributed by atoms with Crippen molar-refractivity contribution < 1.29 is 19.1 Å². The van der Waals surface area contributed by atoms with Crippen LogP contribution in [0.2, 0.25) is 0 Å². The molecule has 1 aliphatic rings. The van der Waals surface area contributed by atoms with Gasteiger partial charge >= 0.3 is 0 Å². The fourth-order valence-electron chi connectivity index (χ4n) is 3.52. The van der Waals surface area contributed by atoms with Crippen molar-refractivity contribution in [2.75, 3.05) is 24.9 Å². The largest absolute Gasteiger partial charge is 0.497 e. The van der Waals surface area contributed by atoms with Crippen molar-refractivity contribution in [2.45, 2.75) is 19.4 Å². The van der Waals surface area contributed by atoms with Gasteiger partial charge in [-0.2, -0.15) is 5.10 Å². The predicted octanol–water partition coefficient (Wildman–Crippen LogP) is 3.40. The number of carbonyl (C=O) groups is 2. The average molecular weight is 406 g/mol. The van der Waals surface area contributed by atoms with E-state index in [1.807, 2.05) is 37.3 Å². The highest BCUT2D eigenvalue weighted by atomic mass is 16.5. The van der Waals surface area contributed by atoms with Crippen molar-refractivity contribution in [3.63, 3.8) is 0 Å². The molecule has 3 aromatic rings. The SMILES string of the molecule is COc1cc(NC(=O)[C@@H]2CC(=O)Nc3c(C)c(-c4ccccc4)nn32)cc(OC)c1. The van der Waals surface area contributed by atoms with Crippen LogP contribution in [-0.2, 0) is 9.59 Å². The summed E-state index contributed by atoms with van der Waals surface area (Å²) in [7, 11) is 3.07. The number of rotatable bonds is 5. The summed E-state index contributed by atoms with van der Waals surface area (Å²) >= 11 is 0. The molecule has 0 aliphatic carbocycles. The second-order valence-corrected chi connectivity index (χ2v) is 6.99. The van der Waals surface area contributed by atoms with Crippen molar-refractivity contribution in [3.8, 4) is 22.8 Å². The number of anilines is 2. The van der Waals surface area contributed by atoms with E-state index in [4.69, 9.17) is 9.47 Å². The fraction of sp³-hybridized carbons (Fsp3) is 0.227. The second kappa shape index (κ2) is 7.90. The first-order chi connectivity index (χ1) is 14.5. The molecule has 8 heteroatoms. The van der Waals surface area contributed by atoms with Crippen LogP contribution in [0.1, 0.15) is 18.0 Å². The summed E-state index contributed by atoms with van der Waals surface area (Å²) in [6.07, 6.45) is -0.00468. The molecule has 30 heavy (non-hydrogen) atoms. The van der Waals surface area contributed by atoms with Crippen molar-refractivity contribution >= 4 is 23.3 Å². The van der Waals surface area contributed by atoms with E-state index >= 15 is 0 Å². The topological polar surface area (TPSA) is 94.5 Å². The smallest absolute Gasteiger partial charge is 0.249 e. The van der Waals surface area contributed by atoms with Gasteiger partial charge in [0.15, 0.2) is 0 Å². The van der Waals surface area contributed by atoms with E-state index < -0.39 is 6.04 Å². The van der Waals surface area contributed by atoms with Crippen molar-refractivity contribution in [2.24, 2.45) is 0 Å². The predicted molar refractivity (Wildman–Crippen MR) is 113 cm³/mol. The Morgan fingerprint density at radius 3 is 2.43 bits per heavy atom. The molecule has 8 nitrogen and oxygen atoms in total. The van der Waals surface area contributed by atoms with Gasteiger partial charge in [0.2, 0.25) is 11.8 Å². The van der Waals surface area contributed by atoms with Crippen LogP contribution in [0.5, 0.6) is 11.5 Å². The lowest BCUT2D eigenvalue weighted by atomic mass is 10.1. The molecule has 0 spiro atoms. The van der Waals surface area contributed by atoms with Gasteiger partial charge in [0.1, 0.15) is 23.4 Å². The van der Waals surface area contributed by atoms with Gasteiger partial charge in [0, 0.05) is 35.0 Å². The number of nitrogens with zero attached hydrogens (tertiary/aromatic N) is 2. The number of benzene rings is 2. The van der Waals surface area contributed by atoms with Crippen LogP contribution in [0.25, 0.3) is 11.3 Å². The Hall–Kier alpha value is -3.81. The van der Waals surface area contributed by atoms with E-state index in [9.17, 15) is 9.59 Å². The van der Waals surface area contributed by atoms with Gasteiger partial charge in [-0.3, -0.25) is 9.59 Å². The third kappa shape index (κ3) is 3.59. The molecule has 2 N–H and O–H groups in total. The molecule has 0 saturated heterocycles. The monoisotopic (exact) mass is 406 g/mol. The van der Waals surface area contributed by atoms with Gasteiger partial charge in [-0.25, -0.2) is 4.68 Å². The Kier molecular flexibility index (Phi) is 5.14. The Morgan fingerprint density at radius 1 is 1.13 bits per heavy atom. The van der Waals surface area contributed by atoms with E-state index in [0.29, 0.717) is 23.0 Å². The summed E-state index contributed by atoms with van der Waals surface area (Å²) in [5, 5.41) is 10.4. The third-order valence-corrected chi connectivity index (χ3v) is 5.05. The summed E-state index contributed by atoms with van der Waals surface area (Å²) in [5.74, 6) is 1.06. The Morgan fingerprint density at radius 2 is 1.80 bits per heavy atom. The quantitative estimate of drug-likeness (QED) is 0.677. The molecule has 0 unspecified atom stereocenters. The maximum absolute atomic E-state index is 13.1. The van der Waals surface area contributed by atoms with Crippen LogP contribution in [0.4, 0.5) is 11.5 Å². The molecule has 0 radical (unpaired) electrons. The van der Waals surface area contributed by atoms with Gasteiger partial charge in [-0.05, 0) is 6.92 Å². The van der Waals surface area contributed by atoms with Crippen molar-refractivity contribution in [1.29, 1.82) is 0 Å². The summed E-state index contributed by atoms with van der Waals surface area (Å²) in [4.78, 5) is 25.4. The van der Waals surface area contributed by atoms with Crippen LogP contribution in [0.15, 0.2) is 48.5 Å². The minimum atomic E-state index is -0.776. The molecular weight excluding hydrogens is 384 g/mol. The summed E-state index contributed by atoms with van der Waals surface area (Å²) in [6, 6.07) is 14.0. The average Bonchev–Trinajstić information content (AvgIpc) is 3.09. The van der Waals surface area contributed by atoms with Gasteiger partial charge in [-0.15, -0.1) is 0 Å². The highest BCUT2D eigenvalue weighted by Gasteiger charge is 2.34. The first-order valence-corrected chi connectivity index (χ1v) is 9.48. The number of hydrogen-bond acceptors (Lipinski definition) is 5. The van der Waals surface area contributed by atoms with E-state index in [1.54, 1.807) is 22.9 Å². The highest BCUT2D eigenvalue weighted by molar-refractivity contribution is 6.02. The molecule has 4 rings (SSSR count). The van der Waals surface area contributed by atoms with Crippen LogP contribution in [-0.4, -0.2) is 35.8 Å². The molecule has 2 aromatic carbocycles. The van der Waals surface area contributed by atoms with Gasteiger partial charge in [0.25, 0.3) is 0 Å². The molecule has 0 saturated carbocycles.